The Bertz CT molecular complexity index is 1320. The molecule has 2 aromatic carbocycles. The summed E-state index contributed by atoms with van der Waals surface area (Å²) in [5, 5.41) is 5.28. The molecule has 0 radical (unpaired) electrons. The predicted molar refractivity (Wildman–Crippen MR) is 134 cm³/mol. The van der Waals surface area contributed by atoms with Gasteiger partial charge in [0.25, 0.3) is 0 Å². The van der Waals surface area contributed by atoms with Crippen molar-refractivity contribution in [3.8, 4) is 23.0 Å². The van der Waals surface area contributed by atoms with Crippen LogP contribution in [0.15, 0.2) is 54.2 Å². The fourth-order valence-electron chi connectivity index (χ4n) is 4.20. The molecule has 0 fully saturated rings. The number of pyridine rings is 1. The smallest absolute Gasteiger partial charge is 0.325 e. The van der Waals surface area contributed by atoms with E-state index in [0.717, 1.165) is 30.9 Å². The number of ether oxygens (including phenoxy) is 3. The second-order valence-electron chi connectivity index (χ2n) is 8.71. The number of urea groups is 1. The van der Waals surface area contributed by atoms with Gasteiger partial charge in [0.15, 0.2) is 11.5 Å². The van der Waals surface area contributed by atoms with Crippen molar-refractivity contribution in [2.24, 2.45) is 5.92 Å². The Kier molecular flexibility index (Phi) is 7.68. The molecule has 1 heterocycles. The van der Waals surface area contributed by atoms with Gasteiger partial charge in [-0.25, -0.2) is 9.18 Å². The molecule has 0 saturated carbocycles. The van der Waals surface area contributed by atoms with E-state index in [1.807, 2.05) is 0 Å². The average molecular weight is 494 g/mol. The number of methoxy groups -OCH3 is 2. The number of rotatable bonds is 7. The monoisotopic (exact) mass is 493 g/mol. The van der Waals surface area contributed by atoms with Crippen LogP contribution in [0.4, 0.5) is 14.9 Å². The Hall–Kier alpha value is -4.14. The van der Waals surface area contributed by atoms with Crippen molar-refractivity contribution in [3.05, 3.63) is 60.1 Å². The van der Waals surface area contributed by atoms with Crippen LogP contribution in [0, 0.1) is 11.7 Å². The van der Waals surface area contributed by atoms with Crippen molar-refractivity contribution >= 4 is 28.5 Å². The zero-order chi connectivity index (χ0) is 25.7. The van der Waals surface area contributed by atoms with Crippen LogP contribution in [0.1, 0.15) is 32.6 Å². The number of hydrogen-bond acceptors (Lipinski definition) is 6. The molecule has 0 saturated heterocycles. The van der Waals surface area contributed by atoms with E-state index < -0.39 is 17.8 Å². The Labute approximate surface area is 208 Å². The van der Waals surface area contributed by atoms with Crippen LogP contribution in [0.2, 0.25) is 0 Å². The minimum atomic E-state index is -0.793. The molecule has 9 heteroatoms. The number of anilines is 1. The quantitative estimate of drug-likeness (QED) is 0.394. The Balaban J connectivity index is 1.42. The minimum Gasteiger partial charge on any atom is -0.493 e. The molecule has 4 rings (SSSR count). The van der Waals surface area contributed by atoms with Crippen molar-refractivity contribution in [2.45, 2.75) is 32.6 Å². The highest BCUT2D eigenvalue weighted by Gasteiger charge is 2.17. The summed E-state index contributed by atoms with van der Waals surface area (Å²) in [6.45, 7) is 2.14. The number of halogens is 1. The molecule has 1 atom stereocenters. The van der Waals surface area contributed by atoms with Gasteiger partial charge in [-0.1, -0.05) is 18.6 Å². The second-order valence-corrected chi connectivity index (χ2v) is 8.71. The number of benzene rings is 2. The van der Waals surface area contributed by atoms with Gasteiger partial charge >= 0.3 is 6.03 Å². The van der Waals surface area contributed by atoms with Gasteiger partial charge in [-0.3, -0.25) is 15.1 Å². The van der Waals surface area contributed by atoms with Gasteiger partial charge in [-0.2, -0.15) is 0 Å². The molecule has 0 aliphatic heterocycles. The zero-order valence-corrected chi connectivity index (χ0v) is 20.4. The van der Waals surface area contributed by atoms with Gasteiger partial charge < -0.3 is 19.5 Å². The van der Waals surface area contributed by atoms with Crippen LogP contribution in [-0.4, -0.2) is 31.1 Å². The molecule has 1 aromatic heterocycles. The summed E-state index contributed by atoms with van der Waals surface area (Å²) in [5.41, 5.74) is 1.55. The summed E-state index contributed by atoms with van der Waals surface area (Å²) < 4.78 is 31.3. The maximum Gasteiger partial charge on any atom is 0.325 e. The van der Waals surface area contributed by atoms with Gasteiger partial charge in [-0.05, 0) is 49.4 Å². The van der Waals surface area contributed by atoms with Gasteiger partial charge in [0.2, 0.25) is 5.91 Å². The Morgan fingerprint density at radius 3 is 2.58 bits per heavy atom. The first-order valence-corrected chi connectivity index (χ1v) is 11.6. The van der Waals surface area contributed by atoms with E-state index in [1.54, 1.807) is 24.4 Å². The first-order chi connectivity index (χ1) is 17.4. The van der Waals surface area contributed by atoms with Gasteiger partial charge in [-0.15, -0.1) is 0 Å². The van der Waals surface area contributed by atoms with Crippen molar-refractivity contribution in [1.29, 1.82) is 0 Å². The predicted octanol–water partition coefficient (Wildman–Crippen LogP) is 5.97. The first kappa shape index (κ1) is 25.0. The van der Waals surface area contributed by atoms with E-state index in [-0.39, 0.29) is 17.9 Å². The molecule has 1 aliphatic rings. The number of imide groups is 1. The summed E-state index contributed by atoms with van der Waals surface area (Å²) in [5.74, 6) is 1.07. The lowest BCUT2D eigenvalue weighted by Gasteiger charge is -2.18. The fourth-order valence-corrected chi connectivity index (χ4v) is 4.20. The summed E-state index contributed by atoms with van der Waals surface area (Å²) in [6, 6.07) is 8.35. The molecule has 0 bridgehead atoms. The number of hydrogen-bond donors (Lipinski definition) is 2. The van der Waals surface area contributed by atoms with Crippen molar-refractivity contribution in [3.63, 3.8) is 0 Å². The van der Waals surface area contributed by atoms with Gasteiger partial charge in [0.05, 0.1) is 25.4 Å². The normalized spacial score (nSPS) is 15.1. The van der Waals surface area contributed by atoms with Gasteiger partial charge in [0.1, 0.15) is 17.3 Å². The molecule has 8 nitrogen and oxygen atoms in total. The molecule has 0 spiro atoms. The van der Waals surface area contributed by atoms with Crippen LogP contribution < -0.4 is 24.8 Å². The van der Waals surface area contributed by atoms with E-state index >= 15 is 0 Å². The van der Waals surface area contributed by atoms with E-state index in [1.165, 1.54) is 26.4 Å². The molecular weight excluding hydrogens is 465 g/mol. The molecule has 36 heavy (non-hydrogen) atoms. The van der Waals surface area contributed by atoms with Crippen LogP contribution in [0.3, 0.4) is 0 Å². The minimum absolute atomic E-state index is 0.0795. The Morgan fingerprint density at radius 1 is 1.08 bits per heavy atom. The SMILES string of the molecule is COc1cc2nccc(Oc3ccc(NC(=O)NC(=O)CC4=CCCC(C)C4)c(F)c3)c2cc1OC. The number of nitrogens with zero attached hydrogens (tertiary/aromatic N) is 1. The topological polar surface area (TPSA) is 98.8 Å². The second kappa shape index (κ2) is 11.1. The maximum absolute atomic E-state index is 14.7. The standard InChI is InChI=1S/C27H28FN3O5/c1-16-5-4-6-17(11-16)12-26(32)31-27(33)30-21-8-7-18(13-20(21)28)36-23-9-10-29-22-15-25(35-3)24(34-2)14-19(22)23/h6-10,13-16H,4-5,11-12H2,1-3H3,(H2,30,31,32,33). The lowest BCUT2D eigenvalue weighted by atomic mass is 9.89. The Morgan fingerprint density at radius 2 is 1.86 bits per heavy atom. The number of carbonyl (C=O) groups excluding carboxylic acids is 2. The molecule has 1 aliphatic carbocycles. The van der Waals surface area contributed by atoms with E-state index in [9.17, 15) is 14.0 Å². The number of allylic oxidation sites excluding steroid dienone is 1. The fraction of sp³-hybridized carbons (Fsp3) is 0.296. The molecule has 2 N–H and O–H groups in total. The summed E-state index contributed by atoms with van der Waals surface area (Å²) in [6.07, 6.45) is 6.66. The average Bonchev–Trinajstić information content (AvgIpc) is 2.85. The largest absolute Gasteiger partial charge is 0.493 e. The number of carbonyl (C=O) groups is 2. The third kappa shape index (κ3) is 5.91. The summed E-state index contributed by atoms with van der Waals surface area (Å²) >= 11 is 0. The molecule has 3 amide bonds. The van der Waals surface area contributed by atoms with E-state index in [4.69, 9.17) is 14.2 Å². The highest BCUT2D eigenvalue weighted by atomic mass is 19.1. The first-order valence-electron chi connectivity index (χ1n) is 11.6. The lowest BCUT2D eigenvalue weighted by Crippen LogP contribution is -2.34. The molecule has 1 unspecified atom stereocenters. The molecule has 3 aromatic rings. The van der Waals surface area contributed by atoms with E-state index in [2.05, 4.69) is 28.6 Å². The zero-order valence-electron chi connectivity index (χ0n) is 20.4. The summed E-state index contributed by atoms with van der Waals surface area (Å²) in [7, 11) is 3.06. The van der Waals surface area contributed by atoms with Crippen molar-refractivity contribution < 1.29 is 28.2 Å². The molecule has 188 valence electrons. The highest BCUT2D eigenvalue weighted by molar-refractivity contribution is 6.01. The van der Waals surface area contributed by atoms with Crippen LogP contribution in [0.25, 0.3) is 10.9 Å². The lowest BCUT2D eigenvalue weighted by molar-refractivity contribution is -0.119. The van der Waals surface area contributed by atoms with Crippen molar-refractivity contribution in [1.82, 2.24) is 10.3 Å². The van der Waals surface area contributed by atoms with Crippen LogP contribution in [-0.2, 0) is 4.79 Å². The van der Waals surface area contributed by atoms with Crippen LogP contribution >= 0.6 is 0 Å². The van der Waals surface area contributed by atoms with Crippen molar-refractivity contribution in [2.75, 3.05) is 19.5 Å². The van der Waals surface area contributed by atoms with Crippen LogP contribution in [0.5, 0.6) is 23.0 Å². The number of nitrogens with one attached hydrogen (secondary N) is 2. The number of amides is 3. The third-order valence-electron chi connectivity index (χ3n) is 5.97. The third-order valence-corrected chi connectivity index (χ3v) is 5.97. The number of fused-ring (bicyclic) bond motifs is 1. The number of aromatic nitrogens is 1. The van der Waals surface area contributed by atoms with Gasteiger partial charge in [0, 0.05) is 30.1 Å². The van der Waals surface area contributed by atoms with E-state index in [0.29, 0.717) is 34.1 Å². The highest BCUT2D eigenvalue weighted by Crippen LogP contribution is 2.37. The molecular formula is C27H28FN3O5. The maximum atomic E-state index is 14.7. The summed E-state index contributed by atoms with van der Waals surface area (Å²) in [4.78, 5) is 28.8.